The Bertz CT molecular complexity index is 326. The minimum Gasteiger partial charge on any atom is -0.402 e. The number of anilines is 1. The van der Waals surface area contributed by atoms with E-state index < -0.39 is 24.5 Å². The van der Waals surface area contributed by atoms with Gasteiger partial charge in [-0.25, -0.2) is 4.39 Å². The molecule has 2 N–H and O–H groups in total. The quantitative estimate of drug-likeness (QED) is 0.759. The fraction of sp³-hybridized carbons (Fsp3) is 0.286. The lowest BCUT2D eigenvalue weighted by atomic mass is 10.3. The number of rotatable bonds is 2. The largest absolute Gasteiger partial charge is 0.573 e. The third kappa shape index (κ3) is 2.48. The molecule has 1 heterocycles. The summed E-state index contributed by atoms with van der Waals surface area (Å²) in [6.45, 7) is -1.17. The topological polar surface area (TPSA) is 48.1 Å². The van der Waals surface area contributed by atoms with Gasteiger partial charge in [0.05, 0.1) is 5.69 Å². The number of nitrogens with zero attached hydrogens (tertiary/aromatic N) is 1. The van der Waals surface area contributed by atoms with Crippen LogP contribution in [0.1, 0.15) is 5.69 Å². The second-order valence-corrected chi connectivity index (χ2v) is 2.36. The van der Waals surface area contributed by atoms with E-state index in [9.17, 15) is 17.6 Å². The molecule has 0 spiro atoms. The summed E-state index contributed by atoms with van der Waals surface area (Å²) in [4.78, 5) is 3.36. The first-order valence-corrected chi connectivity index (χ1v) is 3.49. The molecule has 0 unspecified atom stereocenters. The molecule has 1 rings (SSSR count). The Morgan fingerprint density at radius 3 is 2.57 bits per heavy atom. The molecule has 14 heavy (non-hydrogen) atoms. The highest BCUT2D eigenvalue weighted by molar-refractivity contribution is 5.53. The smallest absolute Gasteiger partial charge is 0.402 e. The van der Waals surface area contributed by atoms with Crippen LogP contribution in [-0.2, 0) is 6.67 Å². The molecule has 0 aromatic carbocycles. The van der Waals surface area contributed by atoms with Crippen LogP contribution >= 0.6 is 0 Å². The molecule has 1 aromatic rings. The lowest BCUT2D eigenvalue weighted by Gasteiger charge is -2.12. The number of pyridine rings is 1. The molecule has 0 atom stereocenters. The van der Waals surface area contributed by atoms with Crippen LogP contribution < -0.4 is 10.5 Å². The van der Waals surface area contributed by atoms with E-state index in [0.717, 1.165) is 12.3 Å². The van der Waals surface area contributed by atoms with Crippen LogP contribution in [0.2, 0.25) is 0 Å². The van der Waals surface area contributed by atoms with Crippen molar-refractivity contribution in [3.63, 3.8) is 0 Å². The summed E-state index contributed by atoms with van der Waals surface area (Å²) < 4.78 is 51.1. The molecule has 1 aromatic heterocycles. The van der Waals surface area contributed by atoms with E-state index in [0.29, 0.717) is 0 Å². The molecule has 0 aliphatic rings. The van der Waals surface area contributed by atoms with Crippen LogP contribution in [0.3, 0.4) is 0 Å². The van der Waals surface area contributed by atoms with Gasteiger partial charge in [0, 0.05) is 6.20 Å². The molecule has 3 nitrogen and oxygen atoms in total. The third-order valence-electron chi connectivity index (χ3n) is 1.35. The maximum atomic E-state index is 12.2. The zero-order valence-corrected chi connectivity index (χ0v) is 6.81. The fourth-order valence-electron chi connectivity index (χ4n) is 0.837. The number of nitrogens with two attached hydrogens (primary N) is 1. The first-order valence-electron chi connectivity index (χ1n) is 3.49. The summed E-state index contributed by atoms with van der Waals surface area (Å²) in [5.74, 6) is -0.775. The van der Waals surface area contributed by atoms with E-state index in [2.05, 4.69) is 9.72 Å². The summed E-state index contributed by atoms with van der Waals surface area (Å²) in [5.41, 5.74) is 4.40. The third-order valence-corrected chi connectivity index (χ3v) is 1.35. The Morgan fingerprint density at radius 2 is 2.07 bits per heavy atom. The average molecular weight is 210 g/mol. The van der Waals surface area contributed by atoms with Gasteiger partial charge in [0.1, 0.15) is 12.4 Å². The monoisotopic (exact) mass is 210 g/mol. The second kappa shape index (κ2) is 3.69. The highest BCUT2D eigenvalue weighted by atomic mass is 19.4. The number of alkyl halides is 4. The van der Waals surface area contributed by atoms with Gasteiger partial charge >= 0.3 is 6.36 Å². The predicted octanol–water partition coefficient (Wildman–Crippen LogP) is 2.03. The van der Waals surface area contributed by atoms with Crippen LogP contribution in [0.15, 0.2) is 12.3 Å². The van der Waals surface area contributed by atoms with Crippen molar-refractivity contribution >= 4 is 5.69 Å². The van der Waals surface area contributed by atoms with Gasteiger partial charge in [-0.15, -0.1) is 13.2 Å². The Hall–Kier alpha value is -1.53. The maximum absolute atomic E-state index is 12.2. The molecule has 0 saturated heterocycles. The van der Waals surface area contributed by atoms with Gasteiger partial charge in [0.15, 0.2) is 5.75 Å². The Labute approximate surface area is 76.5 Å². The van der Waals surface area contributed by atoms with Crippen LogP contribution in [0, 0.1) is 0 Å². The van der Waals surface area contributed by atoms with E-state index in [1.54, 1.807) is 0 Å². The number of hydrogen-bond donors (Lipinski definition) is 1. The van der Waals surface area contributed by atoms with Gasteiger partial charge in [-0.2, -0.15) is 0 Å². The van der Waals surface area contributed by atoms with E-state index in [4.69, 9.17) is 5.73 Å². The van der Waals surface area contributed by atoms with Crippen molar-refractivity contribution < 1.29 is 22.3 Å². The van der Waals surface area contributed by atoms with Gasteiger partial charge in [-0.05, 0) is 6.07 Å². The number of halogens is 4. The van der Waals surface area contributed by atoms with Crippen molar-refractivity contribution in [3.8, 4) is 5.75 Å². The molecule has 0 radical (unpaired) electrons. The molecular weight excluding hydrogens is 204 g/mol. The molecule has 0 fully saturated rings. The number of aromatic nitrogens is 1. The lowest BCUT2D eigenvalue weighted by Crippen LogP contribution is -2.19. The normalized spacial score (nSPS) is 11.4. The number of ether oxygens (including phenoxy) is 1. The predicted molar refractivity (Wildman–Crippen MR) is 40.1 cm³/mol. The second-order valence-electron chi connectivity index (χ2n) is 2.36. The van der Waals surface area contributed by atoms with E-state index in [1.807, 2.05) is 0 Å². The number of hydrogen-bond acceptors (Lipinski definition) is 3. The van der Waals surface area contributed by atoms with Crippen molar-refractivity contribution in [1.29, 1.82) is 0 Å². The van der Waals surface area contributed by atoms with E-state index in [1.165, 1.54) is 0 Å². The Balaban J connectivity index is 3.05. The van der Waals surface area contributed by atoms with Gasteiger partial charge < -0.3 is 10.5 Å². The summed E-state index contributed by atoms with van der Waals surface area (Å²) in [7, 11) is 0. The SMILES string of the molecule is Nc1ccnc(CF)c1OC(F)(F)F. The fourth-order valence-corrected chi connectivity index (χ4v) is 0.837. The van der Waals surface area contributed by atoms with Crippen molar-refractivity contribution in [3.05, 3.63) is 18.0 Å². The van der Waals surface area contributed by atoms with Crippen LogP contribution in [0.4, 0.5) is 23.2 Å². The molecule has 0 saturated carbocycles. The van der Waals surface area contributed by atoms with E-state index in [-0.39, 0.29) is 5.69 Å². The average Bonchev–Trinajstić information content (AvgIpc) is 2.06. The minimum absolute atomic E-state index is 0.301. The first-order chi connectivity index (χ1) is 6.44. The van der Waals surface area contributed by atoms with Crippen molar-refractivity contribution in [1.82, 2.24) is 4.98 Å². The summed E-state index contributed by atoms with van der Waals surface area (Å²) in [6.07, 6.45) is -3.80. The molecule has 0 bridgehead atoms. The molecule has 7 heteroatoms. The van der Waals surface area contributed by atoms with Gasteiger partial charge in [0.25, 0.3) is 0 Å². The van der Waals surface area contributed by atoms with E-state index >= 15 is 0 Å². The highest BCUT2D eigenvalue weighted by Crippen LogP contribution is 2.30. The maximum Gasteiger partial charge on any atom is 0.573 e. The van der Waals surface area contributed by atoms with Crippen molar-refractivity contribution in [2.75, 3.05) is 5.73 Å². The van der Waals surface area contributed by atoms with Crippen LogP contribution in [-0.4, -0.2) is 11.3 Å². The zero-order chi connectivity index (χ0) is 10.8. The molecular formula is C7H6F4N2O. The Morgan fingerprint density at radius 1 is 1.43 bits per heavy atom. The van der Waals surface area contributed by atoms with Gasteiger partial charge in [0.2, 0.25) is 0 Å². The molecule has 78 valence electrons. The highest BCUT2D eigenvalue weighted by Gasteiger charge is 2.33. The van der Waals surface area contributed by atoms with Crippen molar-refractivity contribution in [2.45, 2.75) is 13.0 Å². The molecule has 0 amide bonds. The standard InChI is InChI=1S/C7H6F4N2O/c8-3-5-6(14-7(9,10)11)4(12)1-2-13-5/h1-2H,3H2,(H2,12,13). The summed E-state index contributed by atoms with van der Waals surface area (Å²) in [6, 6.07) is 1.10. The first kappa shape index (κ1) is 10.6. The Kier molecular flexibility index (Phi) is 2.78. The lowest BCUT2D eigenvalue weighted by molar-refractivity contribution is -0.274. The van der Waals surface area contributed by atoms with Crippen LogP contribution in [0.5, 0.6) is 5.75 Å². The van der Waals surface area contributed by atoms with Gasteiger partial charge in [-0.1, -0.05) is 0 Å². The minimum atomic E-state index is -4.90. The van der Waals surface area contributed by atoms with Crippen LogP contribution in [0.25, 0.3) is 0 Å². The zero-order valence-electron chi connectivity index (χ0n) is 6.81. The summed E-state index contributed by atoms with van der Waals surface area (Å²) in [5, 5.41) is 0. The van der Waals surface area contributed by atoms with Crippen molar-refractivity contribution in [2.24, 2.45) is 0 Å². The van der Waals surface area contributed by atoms with Gasteiger partial charge in [-0.3, -0.25) is 4.98 Å². The number of nitrogen functional groups attached to an aromatic ring is 1. The molecule has 0 aliphatic heterocycles. The molecule has 0 aliphatic carbocycles. The summed E-state index contributed by atoms with van der Waals surface area (Å²) >= 11 is 0.